The Morgan fingerprint density at radius 3 is 2.79 bits per heavy atom. The van der Waals surface area contributed by atoms with Gasteiger partial charge >= 0.3 is 0 Å². The summed E-state index contributed by atoms with van der Waals surface area (Å²) in [5.41, 5.74) is 4.14. The Kier molecular flexibility index (Phi) is 3.35. The summed E-state index contributed by atoms with van der Waals surface area (Å²) in [5.74, 6) is -0.134. The van der Waals surface area contributed by atoms with Crippen molar-refractivity contribution in [2.75, 3.05) is 0 Å². The number of azo groups is 1. The maximum Gasteiger partial charge on any atom is 0.265 e. The molecule has 0 aliphatic carbocycles. The molecule has 4 rings (SSSR count). The lowest BCUT2D eigenvalue weighted by atomic mass is 10.0. The van der Waals surface area contributed by atoms with E-state index in [0.29, 0.717) is 6.42 Å². The third-order valence-corrected chi connectivity index (χ3v) is 4.08. The van der Waals surface area contributed by atoms with Crippen LogP contribution in [-0.2, 0) is 4.79 Å². The van der Waals surface area contributed by atoms with Crippen molar-refractivity contribution in [3.05, 3.63) is 53.4 Å². The van der Waals surface area contributed by atoms with Crippen LogP contribution in [0.15, 0.2) is 53.0 Å². The highest BCUT2D eigenvalue weighted by Crippen LogP contribution is 2.22. The number of aromatic nitrogens is 2. The Balaban J connectivity index is 1.88. The number of carbonyl (C=O) groups is 1. The zero-order chi connectivity index (χ0) is 16.7. The first-order valence-corrected chi connectivity index (χ1v) is 7.62. The van der Waals surface area contributed by atoms with Gasteiger partial charge in [0.1, 0.15) is 5.48 Å². The number of nitrogens with zero attached hydrogens (tertiary/aromatic N) is 4. The fraction of sp³-hybridized carbons (Fsp3) is 0.176. The maximum atomic E-state index is 11.3. The second-order valence-corrected chi connectivity index (χ2v) is 5.87. The molecule has 2 aliphatic heterocycles. The molecule has 3 heterocycles. The van der Waals surface area contributed by atoms with E-state index in [1.54, 1.807) is 24.6 Å². The summed E-state index contributed by atoms with van der Waals surface area (Å²) in [4.78, 5) is 19.2. The minimum absolute atomic E-state index is 0.0453. The minimum atomic E-state index is -0.179. The summed E-state index contributed by atoms with van der Waals surface area (Å²) in [7, 11) is 0. The number of aromatic amines is 1. The number of hydrogen-bond donors (Lipinski definition) is 2. The smallest absolute Gasteiger partial charge is 0.265 e. The summed E-state index contributed by atoms with van der Waals surface area (Å²) in [6.07, 6.45) is 7.03. The Hall–Kier alpha value is -3.06. The molecule has 7 heteroatoms. The van der Waals surface area contributed by atoms with Gasteiger partial charge in [-0.15, -0.1) is 5.11 Å². The molecule has 120 valence electrons. The monoisotopic (exact) mass is 321 g/mol. The molecule has 1 aromatic heterocycles. The fourth-order valence-electron chi connectivity index (χ4n) is 2.83. The van der Waals surface area contributed by atoms with Gasteiger partial charge in [-0.05, 0) is 24.3 Å². The Bertz CT molecular complexity index is 1030. The number of imidazole rings is 1. The average Bonchev–Trinajstić information content (AvgIpc) is 2.98. The molecule has 0 spiro atoms. The molecule has 2 aliphatic rings. The number of benzene rings is 1. The largest absolute Gasteiger partial charge is 0.338 e. The van der Waals surface area contributed by atoms with Crippen LogP contribution in [0.1, 0.15) is 13.3 Å². The van der Waals surface area contributed by atoms with Crippen LogP contribution in [-0.4, -0.2) is 26.1 Å². The zero-order valence-corrected chi connectivity index (χ0v) is 13.0. The molecular weight excluding hydrogens is 306 g/mol. The molecule has 24 heavy (non-hydrogen) atoms. The van der Waals surface area contributed by atoms with Gasteiger partial charge in [0.05, 0.1) is 16.7 Å². The molecule has 1 aromatic carbocycles. The van der Waals surface area contributed by atoms with Crippen molar-refractivity contribution in [1.29, 1.82) is 0 Å². The molecule has 1 atom stereocenters. The van der Waals surface area contributed by atoms with E-state index in [1.165, 1.54) is 0 Å². The van der Waals surface area contributed by atoms with Gasteiger partial charge < -0.3 is 4.98 Å². The van der Waals surface area contributed by atoms with Crippen molar-refractivity contribution < 1.29 is 10.0 Å². The van der Waals surface area contributed by atoms with Crippen LogP contribution in [0.25, 0.3) is 22.3 Å². The molecule has 0 fully saturated rings. The second kappa shape index (κ2) is 5.54. The van der Waals surface area contributed by atoms with Crippen molar-refractivity contribution in [3.63, 3.8) is 0 Å². The van der Waals surface area contributed by atoms with Gasteiger partial charge in [0.25, 0.3) is 5.91 Å². The first kappa shape index (κ1) is 14.5. The molecule has 0 radical (unpaired) electrons. The van der Waals surface area contributed by atoms with Gasteiger partial charge in [-0.1, -0.05) is 13.0 Å². The average molecular weight is 321 g/mol. The summed E-state index contributed by atoms with van der Waals surface area (Å²) >= 11 is 0. The van der Waals surface area contributed by atoms with E-state index in [0.717, 1.165) is 38.1 Å². The number of allylic oxidation sites excluding steroid dienone is 2. The van der Waals surface area contributed by atoms with Crippen LogP contribution in [0.3, 0.4) is 0 Å². The van der Waals surface area contributed by atoms with Crippen molar-refractivity contribution >= 4 is 28.2 Å². The highest BCUT2D eigenvalue weighted by atomic mass is 16.5. The lowest BCUT2D eigenvalue weighted by molar-refractivity contribution is -0.119. The first-order valence-electron chi connectivity index (χ1n) is 7.62. The standard InChI is InChI=1S/C17H15N5O2/c1-10-8-15(23)20-21-16(10)12-2-3-13-14(9-12)19-17(18-13)11-4-6-22(24)7-5-11/h2-7,9-10,19,24H,8H2,1H3. The van der Waals surface area contributed by atoms with Gasteiger partial charge in [-0.3, -0.25) is 10.0 Å². The van der Waals surface area contributed by atoms with Crippen LogP contribution in [0, 0.1) is 5.92 Å². The van der Waals surface area contributed by atoms with Crippen LogP contribution in [0.2, 0.25) is 0 Å². The first-order chi connectivity index (χ1) is 11.6. The third-order valence-electron chi connectivity index (χ3n) is 4.08. The summed E-state index contributed by atoms with van der Waals surface area (Å²) < 4.78 is 0. The third kappa shape index (κ3) is 2.55. The van der Waals surface area contributed by atoms with Crippen molar-refractivity contribution in [3.8, 4) is 0 Å². The number of amides is 1. The predicted octanol–water partition coefficient (Wildman–Crippen LogP) is 1.57. The van der Waals surface area contributed by atoms with Gasteiger partial charge in [-0.2, -0.15) is 5.11 Å². The Morgan fingerprint density at radius 1 is 1.25 bits per heavy atom. The molecular formula is C17H15N5O2. The summed E-state index contributed by atoms with van der Waals surface area (Å²) in [6, 6.07) is 5.84. The van der Waals surface area contributed by atoms with Crippen LogP contribution in [0.5, 0.6) is 0 Å². The number of nitrogens with one attached hydrogen (secondary N) is 1. The predicted molar refractivity (Wildman–Crippen MR) is 87.7 cm³/mol. The molecule has 1 unspecified atom stereocenters. The molecule has 1 amide bonds. The minimum Gasteiger partial charge on any atom is -0.338 e. The number of hydrogen-bond acceptors (Lipinski definition) is 5. The normalized spacial score (nSPS) is 22.8. The van der Waals surface area contributed by atoms with Crippen molar-refractivity contribution in [2.24, 2.45) is 16.1 Å². The van der Waals surface area contributed by atoms with Gasteiger partial charge in [-0.25, -0.2) is 10.0 Å². The number of H-pyrrole nitrogens is 1. The molecule has 2 aromatic rings. The topological polar surface area (TPSA) is 93.9 Å². The van der Waals surface area contributed by atoms with Crippen LogP contribution < -0.4 is 10.7 Å². The van der Waals surface area contributed by atoms with Crippen molar-refractivity contribution in [2.45, 2.75) is 13.3 Å². The maximum absolute atomic E-state index is 11.3. The number of rotatable bonds is 0. The lowest BCUT2D eigenvalue weighted by Crippen LogP contribution is -2.16. The summed E-state index contributed by atoms with van der Waals surface area (Å²) in [6.45, 7) is 1.97. The van der Waals surface area contributed by atoms with Crippen molar-refractivity contribution in [1.82, 2.24) is 15.0 Å². The van der Waals surface area contributed by atoms with Gasteiger partial charge in [0.2, 0.25) is 0 Å². The summed E-state index contributed by atoms with van der Waals surface area (Å²) in [5, 5.41) is 19.0. The highest BCUT2D eigenvalue weighted by Gasteiger charge is 2.19. The lowest BCUT2D eigenvalue weighted by Gasteiger charge is -2.12. The quantitative estimate of drug-likeness (QED) is 0.770. The van der Waals surface area contributed by atoms with E-state index < -0.39 is 0 Å². The van der Waals surface area contributed by atoms with E-state index in [1.807, 2.05) is 25.1 Å². The SMILES string of the molecule is CC1CC(=O)N=NC1=c1ccc2nc(=C3C=CN(O)C=C3)[nH]c2c1. The molecule has 0 saturated heterocycles. The molecule has 0 bridgehead atoms. The van der Waals surface area contributed by atoms with E-state index in [9.17, 15) is 10.0 Å². The number of carbonyl (C=O) groups excluding carboxylic acids is 1. The van der Waals surface area contributed by atoms with E-state index >= 15 is 0 Å². The molecule has 2 N–H and O–H groups in total. The second-order valence-electron chi connectivity index (χ2n) is 5.87. The Labute approximate surface area is 137 Å². The van der Waals surface area contributed by atoms with Crippen LogP contribution in [0.4, 0.5) is 0 Å². The molecule has 0 saturated carbocycles. The number of hydroxylamine groups is 2. The molecule has 7 nitrogen and oxygen atoms in total. The van der Waals surface area contributed by atoms with E-state index in [2.05, 4.69) is 20.2 Å². The Morgan fingerprint density at radius 2 is 2.04 bits per heavy atom. The van der Waals surface area contributed by atoms with E-state index in [-0.39, 0.29) is 11.8 Å². The highest BCUT2D eigenvalue weighted by molar-refractivity contribution is 5.81. The van der Waals surface area contributed by atoms with E-state index in [4.69, 9.17) is 0 Å². The number of fused-ring (bicyclic) bond motifs is 1. The fourth-order valence-corrected chi connectivity index (χ4v) is 2.83. The van der Waals surface area contributed by atoms with Gasteiger partial charge in [0, 0.05) is 35.5 Å². The van der Waals surface area contributed by atoms with Crippen LogP contribution >= 0.6 is 0 Å². The van der Waals surface area contributed by atoms with Gasteiger partial charge in [0.15, 0.2) is 0 Å². The zero-order valence-electron chi connectivity index (χ0n) is 13.0.